The molecule has 0 spiro atoms. The van der Waals surface area contributed by atoms with E-state index in [0.717, 1.165) is 0 Å². The monoisotopic (exact) mass is 300 g/mol. The van der Waals surface area contributed by atoms with Crippen molar-refractivity contribution in [2.45, 2.75) is 4.90 Å². The van der Waals surface area contributed by atoms with Crippen LogP contribution in [0.25, 0.3) is 11.0 Å². The summed E-state index contributed by atoms with van der Waals surface area (Å²) in [4.78, 5) is 8.49. The van der Waals surface area contributed by atoms with Gasteiger partial charge >= 0.3 is 0 Å². The first-order valence-corrected chi connectivity index (χ1v) is 7.65. The number of benzene rings is 2. The molecule has 0 radical (unpaired) electrons. The molecule has 3 aromatic rings. The minimum atomic E-state index is -3.74. The molecule has 2 aromatic carbocycles. The minimum Gasteiger partial charge on any atom is -0.381 e. The summed E-state index contributed by atoms with van der Waals surface area (Å²) in [6, 6.07) is 15.1. The number of sulfonamides is 1. The highest BCUT2D eigenvalue weighted by molar-refractivity contribution is 7.92. The van der Waals surface area contributed by atoms with Crippen molar-refractivity contribution < 1.29 is 8.42 Å². The van der Waals surface area contributed by atoms with Gasteiger partial charge in [0.1, 0.15) is 0 Å². The summed E-state index contributed by atoms with van der Waals surface area (Å²) in [7, 11) is -3.74. The smallest absolute Gasteiger partial charge is 0.263 e. The topological polar surface area (TPSA) is 98.0 Å². The van der Waals surface area contributed by atoms with Crippen LogP contribution in [0.5, 0.6) is 0 Å². The lowest BCUT2D eigenvalue weighted by molar-refractivity contribution is 0.601. The van der Waals surface area contributed by atoms with E-state index in [1.54, 1.807) is 36.4 Å². The van der Waals surface area contributed by atoms with Crippen LogP contribution >= 0.6 is 0 Å². The molecule has 0 amide bonds. The molecule has 0 aliphatic rings. The van der Waals surface area contributed by atoms with Crippen LogP contribution < -0.4 is 10.5 Å². The number of nitrogen functional groups attached to an aromatic ring is 1. The maximum Gasteiger partial charge on any atom is 0.263 e. The molecule has 1 heterocycles. The Kier molecular flexibility index (Phi) is 3.19. The van der Waals surface area contributed by atoms with Gasteiger partial charge in [-0.15, -0.1) is 0 Å². The fourth-order valence-electron chi connectivity index (χ4n) is 1.87. The third-order valence-corrected chi connectivity index (χ3v) is 4.24. The van der Waals surface area contributed by atoms with Crippen molar-refractivity contribution in [1.29, 1.82) is 0 Å². The second kappa shape index (κ2) is 5.02. The van der Waals surface area contributed by atoms with Crippen LogP contribution in [-0.4, -0.2) is 18.4 Å². The number of para-hydroxylation sites is 2. The van der Waals surface area contributed by atoms with Gasteiger partial charge in [0.2, 0.25) is 0 Å². The Bertz CT molecular complexity index is 895. The molecular weight excluding hydrogens is 288 g/mol. The standard InChI is InChI=1S/C14H12N4O2S/c15-13-14(17-12-9-5-4-8-11(12)16-13)18-21(19,20)10-6-2-1-3-7-10/h1-9H,(H2,15,16)(H,17,18). The first-order valence-electron chi connectivity index (χ1n) is 6.16. The Hall–Kier alpha value is -2.67. The van der Waals surface area contributed by atoms with Gasteiger partial charge in [-0.1, -0.05) is 30.3 Å². The SMILES string of the molecule is Nc1nc2ccccc2nc1NS(=O)(=O)c1ccccc1. The van der Waals surface area contributed by atoms with Gasteiger partial charge in [-0.3, -0.25) is 4.72 Å². The zero-order chi connectivity index (χ0) is 14.9. The molecule has 21 heavy (non-hydrogen) atoms. The Morgan fingerprint density at radius 2 is 1.43 bits per heavy atom. The highest BCUT2D eigenvalue weighted by atomic mass is 32.2. The third kappa shape index (κ3) is 2.63. The van der Waals surface area contributed by atoms with Crippen molar-refractivity contribution in [3.05, 3.63) is 54.6 Å². The van der Waals surface area contributed by atoms with Gasteiger partial charge in [-0.05, 0) is 24.3 Å². The van der Waals surface area contributed by atoms with Crippen molar-refractivity contribution in [2.75, 3.05) is 10.5 Å². The van der Waals surface area contributed by atoms with Crippen LogP contribution in [0.2, 0.25) is 0 Å². The van der Waals surface area contributed by atoms with E-state index in [1.165, 1.54) is 12.1 Å². The number of nitrogens with zero attached hydrogens (tertiary/aromatic N) is 2. The molecule has 0 aliphatic heterocycles. The number of anilines is 2. The maximum atomic E-state index is 12.3. The Morgan fingerprint density at radius 1 is 0.857 bits per heavy atom. The van der Waals surface area contributed by atoms with E-state index in [0.29, 0.717) is 11.0 Å². The van der Waals surface area contributed by atoms with Gasteiger partial charge < -0.3 is 5.73 Å². The zero-order valence-corrected chi connectivity index (χ0v) is 11.7. The van der Waals surface area contributed by atoms with Crippen molar-refractivity contribution >= 4 is 32.7 Å². The van der Waals surface area contributed by atoms with E-state index in [1.807, 2.05) is 6.07 Å². The fraction of sp³-hybridized carbons (Fsp3) is 0. The summed E-state index contributed by atoms with van der Waals surface area (Å²) in [6.45, 7) is 0. The first-order chi connectivity index (χ1) is 10.1. The van der Waals surface area contributed by atoms with Gasteiger partial charge in [0.25, 0.3) is 10.0 Å². The lowest BCUT2D eigenvalue weighted by Gasteiger charge is -2.09. The van der Waals surface area contributed by atoms with Crippen LogP contribution in [0.15, 0.2) is 59.5 Å². The van der Waals surface area contributed by atoms with Crippen LogP contribution in [0.4, 0.5) is 11.6 Å². The number of nitrogens with one attached hydrogen (secondary N) is 1. The van der Waals surface area contributed by atoms with Crippen LogP contribution in [0, 0.1) is 0 Å². The number of hydrogen-bond acceptors (Lipinski definition) is 5. The summed E-state index contributed by atoms with van der Waals surface area (Å²) < 4.78 is 26.9. The van der Waals surface area contributed by atoms with E-state index >= 15 is 0 Å². The molecule has 3 rings (SSSR count). The van der Waals surface area contributed by atoms with Gasteiger partial charge in [-0.2, -0.15) is 0 Å². The average Bonchev–Trinajstić information content (AvgIpc) is 2.49. The minimum absolute atomic E-state index is 0.0255. The molecule has 7 heteroatoms. The second-order valence-electron chi connectivity index (χ2n) is 4.36. The molecular formula is C14H12N4O2S. The lowest BCUT2D eigenvalue weighted by atomic mass is 10.3. The second-order valence-corrected chi connectivity index (χ2v) is 6.05. The number of nitrogens with two attached hydrogens (primary N) is 1. The average molecular weight is 300 g/mol. The molecule has 106 valence electrons. The third-order valence-electron chi connectivity index (χ3n) is 2.88. The highest BCUT2D eigenvalue weighted by Crippen LogP contribution is 2.21. The van der Waals surface area contributed by atoms with Crippen LogP contribution in [0.3, 0.4) is 0 Å². The Morgan fingerprint density at radius 3 is 2.10 bits per heavy atom. The van der Waals surface area contributed by atoms with Crippen molar-refractivity contribution in [3.63, 3.8) is 0 Å². The molecule has 3 N–H and O–H groups in total. The van der Waals surface area contributed by atoms with Crippen molar-refractivity contribution in [2.24, 2.45) is 0 Å². The molecule has 0 fully saturated rings. The summed E-state index contributed by atoms with van der Waals surface area (Å²) in [5.41, 5.74) is 6.95. The molecule has 0 unspecified atom stereocenters. The molecule has 6 nitrogen and oxygen atoms in total. The summed E-state index contributed by atoms with van der Waals surface area (Å²) in [6.07, 6.45) is 0. The predicted octanol–water partition coefficient (Wildman–Crippen LogP) is 2.01. The predicted molar refractivity (Wildman–Crippen MR) is 81.2 cm³/mol. The largest absolute Gasteiger partial charge is 0.381 e. The molecule has 0 atom stereocenters. The highest BCUT2D eigenvalue weighted by Gasteiger charge is 2.17. The van der Waals surface area contributed by atoms with Gasteiger partial charge in [0.15, 0.2) is 11.6 Å². The van der Waals surface area contributed by atoms with Crippen LogP contribution in [-0.2, 0) is 10.0 Å². The zero-order valence-electron chi connectivity index (χ0n) is 10.9. The molecule has 0 aliphatic carbocycles. The fourth-order valence-corrected chi connectivity index (χ4v) is 2.91. The van der Waals surface area contributed by atoms with Crippen molar-refractivity contribution in [1.82, 2.24) is 9.97 Å². The number of aromatic nitrogens is 2. The number of fused-ring (bicyclic) bond motifs is 1. The van der Waals surface area contributed by atoms with Gasteiger partial charge in [0, 0.05) is 0 Å². The molecule has 1 aromatic heterocycles. The maximum absolute atomic E-state index is 12.3. The lowest BCUT2D eigenvalue weighted by Crippen LogP contribution is -2.15. The van der Waals surface area contributed by atoms with Gasteiger partial charge in [0.05, 0.1) is 15.9 Å². The van der Waals surface area contributed by atoms with E-state index < -0.39 is 10.0 Å². The first kappa shape index (κ1) is 13.3. The summed E-state index contributed by atoms with van der Waals surface area (Å²) >= 11 is 0. The van der Waals surface area contributed by atoms with Crippen LogP contribution in [0.1, 0.15) is 0 Å². The van der Waals surface area contributed by atoms with E-state index in [2.05, 4.69) is 14.7 Å². The Balaban J connectivity index is 2.04. The summed E-state index contributed by atoms with van der Waals surface area (Å²) in [5, 5.41) is 0. The summed E-state index contributed by atoms with van der Waals surface area (Å²) in [5.74, 6) is 0.0609. The van der Waals surface area contributed by atoms with E-state index in [-0.39, 0.29) is 16.5 Å². The Labute approximate surface area is 121 Å². The van der Waals surface area contributed by atoms with E-state index in [4.69, 9.17) is 5.73 Å². The molecule has 0 saturated carbocycles. The molecule has 0 saturated heterocycles. The van der Waals surface area contributed by atoms with Crippen molar-refractivity contribution in [3.8, 4) is 0 Å². The number of hydrogen-bond donors (Lipinski definition) is 2. The van der Waals surface area contributed by atoms with Gasteiger partial charge in [-0.25, -0.2) is 18.4 Å². The number of rotatable bonds is 3. The normalized spacial score (nSPS) is 11.4. The van der Waals surface area contributed by atoms with E-state index in [9.17, 15) is 8.42 Å². The quantitative estimate of drug-likeness (QED) is 0.771. The molecule has 0 bridgehead atoms.